The number of nitrogens with two attached hydrogens (primary N) is 3. The molecule has 0 saturated heterocycles. The first kappa shape index (κ1) is 54.8. The second-order valence-corrected chi connectivity index (χ2v) is 11.9. The Labute approximate surface area is 338 Å². The van der Waals surface area contributed by atoms with Gasteiger partial charge in [0.15, 0.2) is 0 Å². The molecule has 57 heavy (non-hydrogen) atoms. The minimum Gasteiger partial charge on any atom is -0.379 e. The lowest BCUT2D eigenvalue weighted by Gasteiger charge is -2.19. The molecule has 0 atom stereocenters. The number of amides is 3. The fourth-order valence-electron chi connectivity index (χ4n) is 4.17. The topological polar surface area (TPSA) is 276 Å². The van der Waals surface area contributed by atoms with E-state index in [9.17, 15) is 14.4 Å². The molecule has 0 unspecified atom stereocenters. The van der Waals surface area contributed by atoms with E-state index < -0.39 is 6.04 Å². The van der Waals surface area contributed by atoms with Crippen molar-refractivity contribution in [3.63, 3.8) is 0 Å². The van der Waals surface area contributed by atoms with E-state index in [2.05, 4.69) is 16.0 Å². The second-order valence-electron chi connectivity index (χ2n) is 11.9. The van der Waals surface area contributed by atoms with Gasteiger partial charge in [-0.3, -0.25) is 14.4 Å². The van der Waals surface area contributed by atoms with Gasteiger partial charge in [0.25, 0.3) is 0 Å². The molecule has 0 aromatic heterocycles. The highest BCUT2D eigenvalue weighted by Gasteiger charge is 2.14. The average Bonchev–Trinajstić information content (AvgIpc) is 3.20. The molecular weight excluding hydrogens is 756 g/mol. The standard InChI is InChI=1S/C36H74N6O15/c37-4-12-47-18-24-53-27-21-50-15-7-40-34(43)1-10-56-31-33(42-36(45)3-9-46-17-23-52-29-30-55-26-20-49-14-6-39)32-57-11-2-35(44)41-8-16-51-22-28-54-25-19-48-13-5-38/h33H,1-32,37-39H2,(H,40,43)(H,41,44)(H,42,45). The van der Waals surface area contributed by atoms with E-state index in [1.54, 1.807) is 0 Å². The molecule has 21 heteroatoms. The van der Waals surface area contributed by atoms with Crippen LogP contribution in [-0.4, -0.2) is 215 Å². The van der Waals surface area contributed by atoms with Gasteiger partial charge in [-0.05, 0) is 0 Å². The number of carbonyl (C=O) groups is 3. The maximum absolute atomic E-state index is 12.6. The summed E-state index contributed by atoms with van der Waals surface area (Å²) in [6, 6.07) is -0.515. The minimum atomic E-state index is -0.515. The Hall–Kier alpha value is -2.19. The van der Waals surface area contributed by atoms with Crippen LogP contribution in [0, 0.1) is 0 Å². The molecule has 3 amide bonds. The molecule has 9 N–H and O–H groups in total. The average molecular weight is 831 g/mol. The molecule has 0 aromatic rings. The van der Waals surface area contributed by atoms with Crippen molar-refractivity contribution in [3.8, 4) is 0 Å². The molecule has 0 aliphatic heterocycles. The molecule has 0 aliphatic carbocycles. The summed E-state index contributed by atoms with van der Waals surface area (Å²) in [5.41, 5.74) is 16.1. The summed E-state index contributed by atoms with van der Waals surface area (Å²) in [5, 5.41) is 8.41. The number of hydrogen-bond donors (Lipinski definition) is 6. The summed E-state index contributed by atoms with van der Waals surface area (Å²) in [7, 11) is 0. The highest BCUT2D eigenvalue weighted by Crippen LogP contribution is 1.96. The summed E-state index contributed by atoms with van der Waals surface area (Å²) >= 11 is 0. The van der Waals surface area contributed by atoms with Crippen molar-refractivity contribution < 1.29 is 71.2 Å². The molecule has 21 nitrogen and oxygen atoms in total. The molecule has 0 aliphatic rings. The molecule has 0 spiro atoms. The second kappa shape index (κ2) is 46.5. The highest BCUT2D eigenvalue weighted by atomic mass is 16.6. The monoisotopic (exact) mass is 831 g/mol. The largest absolute Gasteiger partial charge is 0.379 e. The Kier molecular flexibility index (Phi) is 44.7. The summed E-state index contributed by atoms with van der Waals surface area (Å²) in [4.78, 5) is 37.1. The number of ether oxygens (including phenoxy) is 12. The van der Waals surface area contributed by atoms with E-state index in [0.29, 0.717) is 158 Å². The number of nitrogens with one attached hydrogen (secondary N) is 3. The van der Waals surface area contributed by atoms with E-state index in [4.69, 9.17) is 74.0 Å². The van der Waals surface area contributed by atoms with Crippen LogP contribution < -0.4 is 33.2 Å². The predicted octanol–water partition coefficient (Wildman–Crippen LogP) is -3.05. The van der Waals surface area contributed by atoms with Crippen LogP contribution in [-0.2, 0) is 71.2 Å². The summed E-state index contributed by atoms with van der Waals surface area (Å²) in [6.45, 7) is 11.0. The molecule has 0 saturated carbocycles. The molecule has 0 rings (SSSR count). The van der Waals surface area contributed by atoms with Gasteiger partial charge in [-0.1, -0.05) is 0 Å². The van der Waals surface area contributed by atoms with Gasteiger partial charge in [0, 0.05) is 52.0 Å². The molecule has 338 valence electrons. The Balaban J connectivity index is 4.28. The van der Waals surface area contributed by atoms with Crippen molar-refractivity contribution in [1.29, 1.82) is 0 Å². The van der Waals surface area contributed by atoms with E-state index in [0.717, 1.165) is 0 Å². The predicted molar refractivity (Wildman–Crippen MR) is 209 cm³/mol. The van der Waals surface area contributed by atoms with E-state index in [1.165, 1.54) is 0 Å². The van der Waals surface area contributed by atoms with Crippen LogP contribution in [0.1, 0.15) is 19.3 Å². The van der Waals surface area contributed by atoms with Gasteiger partial charge in [0.1, 0.15) is 0 Å². The summed E-state index contributed by atoms with van der Waals surface area (Å²) < 4.78 is 65.0. The Morgan fingerprint density at radius 2 is 0.596 bits per heavy atom. The minimum absolute atomic E-state index is 0.100. The lowest BCUT2D eigenvalue weighted by Crippen LogP contribution is -2.42. The van der Waals surface area contributed by atoms with E-state index >= 15 is 0 Å². The lowest BCUT2D eigenvalue weighted by molar-refractivity contribution is -0.126. The van der Waals surface area contributed by atoms with Crippen molar-refractivity contribution in [2.24, 2.45) is 17.2 Å². The quantitative estimate of drug-likeness (QED) is 0.0333. The van der Waals surface area contributed by atoms with Crippen LogP contribution in [0.5, 0.6) is 0 Å². The van der Waals surface area contributed by atoms with E-state index in [-0.39, 0.29) is 70.0 Å². The summed E-state index contributed by atoms with van der Waals surface area (Å²) in [5.74, 6) is -0.650. The molecular formula is C36H74N6O15. The van der Waals surface area contributed by atoms with Crippen molar-refractivity contribution >= 4 is 17.7 Å². The van der Waals surface area contributed by atoms with Gasteiger partial charge in [0.2, 0.25) is 17.7 Å². The van der Waals surface area contributed by atoms with E-state index in [1.807, 2.05) is 0 Å². The zero-order valence-electron chi connectivity index (χ0n) is 34.1. The smallest absolute Gasteiger partial charge is 0.222 e. The Morgan fingerprint density at radius 1 is 0.333 bits per heavy atom. The zero-order valence-corrected chi connectivity index (χ0v) is 34.1. The zero-order chi connectivity index (χ0) is 41.5. The van der Waals surface area contributed by atoms with Crippen LogP contribution >= 0.6 is 0 Å². The third kappa shape index (κ3) is 44.8. The van der Waals surface area contributed by atoms with Crippen LogP contribution in [0.15, 0.2) is 0 Å². The van der Waals surface area contributed by atoms with Crippen LogP contribution in [0.25, 0.3) is 0 Å². The molecule has 0 aromatic carbocycles. The molecule has 0 bridgehead atoms. The van der Waals surface area contributed by atoms with Crippen molar-refractivity contribution in [1.82, 2.24) is 16.0 Å². The molecule has 0 heterocycles. The van der Waals surface area contributed by atoms with Gasteiger partial charge in [-0.25, -0.2) is 0 Å². The number of hydrogen-bond acceptors (Lipinski definition) is 18. The third-order valence-corrected chi connectivity index (χ3v) is 6.95. The van der Waals surface area contributed by atoms with Gasteiger partial charge in [-0.15, -0.1) is 0 Å². The fourth-order valence-corrected chi connectivity index (χ4v) is 4.17. The normalized spacial score (nSPS) is 11.4. The number of rotatable bonds is 47. The van der Waals surface area contributed by atoms with Gasteiger partial charge in [0.05, 0.1) is 165 Å². The van der Waals surface area contributed by atoms with Crippen LogP contribution in [0.3, 0.4) is 0 Å². The first-order valence-corrected chi connectivity index (χ1v) is 19.9. The molecule has 0 fully saturated rings. The highest BCUT2D eigenvalue weighted by molar-refractivity contribution is 5.76. The third-order valence-electron chi connectivity index (χ3n) is 6.95. The van der Waals surface area contributed by atoms with Gasteiger partial charge in [-0.2, -0.15) is 0 Å². The first-order valence-electron chi connectivity index (χ1n) is 19.9. The summed E-state index contributed by atoms with van der Waals surface area (Å²) in [6.07, 6.45) is 0.363. The number of carbonyl (C=O) groups excluding carboxylic acids is 3. The van der Waals surface area contributed by atoms with Crippen LogP contribution in [0.2, 0.25) is 0 Å². The van der Waals surface area contributed by atoms with Crippen LogP contribution in [0.4, 0.5) is 0 Å². The van der Waals surface area contributed by atoms with Crippen molar-refractivity contribution in [2.45, 2.75) is 25.3 Å². The maximum Gasteiger partial charge on any atom is 0.222 e. The van der Waals surface area contributed by atoms with Crippen molar-refractivity contribution in [2.75, 3.05) is 191 Å². The maximum atomic E-state index is 12.6. The fraction of sp³-hybridized carbons (Fsp3) is 0.917. The van der Waals surface area contributed by atoms with Gasteiger partial charge >= 0.3 is 0 Å². The Morgan fingerprint density at radius 3 is 0.930 bits per heavy atom. The first-order chi connectivity index (χ1) is 28.0. The van der Waals surface area contributed by atoms with Crippen molar-refractivity contribution in [3.05, 3.63) is 0 Å². The van der Waals surface area contributed by atoms with Gasteiger partial charge < -0.3 is 90.0 Å². The molecule has 0 radical (unpaired) electrons. The SMILES string of the molecule is NCCOCCOCCOCCNC(=O)CCOCC(COCCC(=O)NCCOCCOCCOCCN)NC(=O)CCOCCOCCOCCOCCN. The lowest BCUT2D eigenvalue weighted by atomic mass is 10.3. The Bertz CT molecular complexity index is 842.